The van der Waals surface area contributed by atoms with Crippen LogP contribution in [0, 0.1) is 11.2 Å². The molecule has 0 aliphatic carbocycles. The van der Waals surface area contributed by atoms with E-state index in [2.05, 4.69) is 26.1 Å². The Morgan fingerprint density at radius 1 is 1.28 bits per heavy atom. The first-order chi connectivity index (χ1) is 8.36. The van der Waals surface area contributed by atoms with Crippen molar-refractivity contribution in [3.05, 3.63) is 35.6 Å². The Labute approximate surface area is 109 Å². The zero-order chi connectivity index (χ0) is 13.8. The third-order valence-corrected chi connectivity index (χ3v) is 3.29. The van der Waals surface area contributed by atoms with Crippen LogP contribution in [0.4, 0.5) is 4.39 Å². The summed E-state index contributed by atoms with van der Waals surface area (Å²) in [4.78, 5) is 0. The highest BCUT2D eigenvalue weighted by Gasteiger charge is 2.26. The molecular weight excluding hydrogens is 229 g/mol. The SMILES string of the molecule is CC(NC(CCO)C(C)(C)C)c1ccccc1F. The smallest absolute Gasteiger partial charge is 0.127 e. The standard InChI is InChI=1S/C15H24FNO/c1-11(12-7-5-6-8-13(12)16)17-14(9-10-18)15(2,3)4/h5-8,11,14,17-18H,9-10H2,1-4H3. The van der Waals surface area contributed by atoms with E-state index in [1.165, 1.54) is 6.07 Å². The number of hydrogen-bond donors (Lipinski definition) is 2. The van der Waals surface area contributed by atoms with E-state index in [-0.39, 0.29) is 29.9 Å². The lowest BCUT2D eigenvalue weighted by molar-refractivity contribution is 0.187. The van der Waals surface area contributed by atoms with Gasteiger partial charge in [-0.25, -0.2) is 4.39 Å². The van der Waals surface area contributed by atoms with Crippen LogP contribution in [0.5, 0.6) is 0 Å². The summed E-state index contributed by atoms with van der Waals surface area (Å²) in [6, 6.07) is 6.89. The van der Waals surface area contributed by atoms with Crippen LogP contribution in [0.25, 0.3) is 0 Å². The summed E-state index contributed by atoms with van der Waals surface area (Å²) in [6.07, 6.45) is 0.669. The van der Waals surface area contributed by atoms with Gasteiger partial charge in [-0.05, 0) is 24.8 Å². The van der Waals surface area contributed by atoms with Crippen LogP contribution >= 0.6 is 0 Å². The van der Waals surface area contributed by atoms with E-state index < -0.39 is 0 Å². The molecule has 0 amide bonds. The monoisotopic (exact) mass is 253 g/mol. The molecular formula is C15H24FNO. The molecule has 0 bridgehead atoms. The molecule has 1 aromatic rings. The molecule has 2 unspecified atom stereocenters. The van der Waals surface area contributed by atoms with Gasteiger partial charge in [0.1, 0.15) is 5.82 Å². The number of aliphatic hydroxyl groups is 1. The molecule has 0 aliphatic rings. The lowest BCUT2D eigenvalue weighted by atomic mass is 9.84. The summed E-state index contributed by atoms with van der Waals surface area (Å²) in [7, 11) is 0. The molecule has 0 saturated carbocycles. The van der Waals surface area contributed by atoms with E-state index in [1.807, 2.05) is 13.0 Å². The zero-order valence-electron chi connectivity index (χ0n) is 11.7. The third-order valence-electron chi connectivity index (χ3n) is 3.29. The van der Waals surface area contributed by atoms with Gasteiger partial charge in [0, 0.05) is 24.3 Å². The molecule has 2 N–H and O–H groups in total. The summed E-state index contributed by atoms with van der Waals surface area (Å²) in [5, 5.41) is 12.5. The second-order valence-electron chi connectivity index (χ2n) is 5.84. The second kappa shape index (κ2) is 6.30. The largest absolute Gasteiger partial charge is 0.396 e. The number of aliphatic hydroxyl groups excluding tert-OH is 1. The molecule has 0 heterocycles. The molecule has 102 valence electrons. The maximum absolute atomic E-state index is 13.7. The van der Waals surface area contributed by atoms with Crippen molar-refractivity contribution in [2.75, 3.05) is 6.61 Å². The maximum atomic E-state index is 13.7. The van der Waals surface area contributed by atoms with Crippen LogP contribution in [-0.4, -0.2) is 17.8 Å². The van der Waals surface area contributed by atoms with Crippen molar-refractivity contribution in [2.24, 2.45) is 5.41 Å². The highest BCUT2D eigenvalue weighted by atomic mass is 19.1. The Hall–Kier alpha value is -0.930. The van der Waals surface area contributed by atoms with E-state index in [9.17, 15) is 4.39 Å². The number of nitrogens with one attached hydrogen (secondary N) is 1. The fraction of sp³-hybridized carbons (Fsp3) is 0.600. The quantitative estimate of drug-likeness (QED) is 0.844. The molecule has 0 aliphatic heterocycles. The van der Waals surface area contributed by atoms with Gasteiger partial charge in [0.15, 0.2) is 0 Å². The summed E-state index contributed by atoms with van der Waals surface area (Å²) in [5.74, 6) is -0.186. The van der Waals surface area contributed by atoms with Crippen molar-refractivity contribution < 1.29 is 9.50 Å². The molecule has 3 heteroatoms. The molecule has 18 heavy (non-hydrogen) atoms. The van der Waals surface area contributed by atoms with Crippen molar-refractivity contribution in [2.45, 2.75) is 46.2 Å². The Morgan fingerprint density at radius 2 is 1.89 bits per heavy atom. The van der Waals surface area contributed by atoms with Crippen LogP contribution in [0.15, 0.2) is 24.3 Å². The van der Waals surface area contributed by atoms with Crippen molar-refractivity contribution in [3.63, 3.8) is 0 Å². The molecule has 0 saturated heterocycles. The average Bonchev–Trinajstić information content (AvgIpc) is 2.27. The van der Waals surface area contributed by atoms with E-state index in [1.54, 1.807) is 12.1 Å². The first kappa shape index (κ1) is 15.1. The molecule has 0 spiro atoms. The average molecular weight is 253 g/mol. The molecule has 2 atom stereocenters. The Kier molecular flexibility index (Phi) is 5.29. The number of hydrogen-bond acceptors (Lipinski definition) is 2. The zero-order valence-corrected chi connectivity index (χ0v) is 11.7. The van der Waals surface area contributed by atoms with Crippen LogP contribution in [-0.2, 0) is 0 Å². The predicted molar refractivity (Wildman–Crippen MR) is 72.9 cm³/mol. The minimum absolute atomic E-state index is 0.0300. The van der Waals surface area contributed by atoms with E-state index in [0.29, 0.717) is 12.0 Å². The highest BCUT2D eigenvalue weighted by molar-refractivity contribution is 5.20. The number of rotatable bonds is 5. The summed E-state index contributed by atoms with van der Waals surface area (Å²) < 4.78 is 13.7. The second-order valence-corrected chi connectivity index (χ2v) is 5.84. The lowest BCUT2D eigenvalue weighted by Gasteiger charge is -2.34. The molecule has 1 rings (SSSR count). The first-order valence-electron chi connectivity index (χ1n) is 6.47. The number of halogens is 1. The first-order valence-corrected chi connectivity index (χ1v) is 6.47. The van der Waals surface area contributed by atoms with Gasteiger partial charge in [0.25, 0.3) is 0 Å². The minimum atomic E-state index is -0.186. The Bertz CT molecular complexity index is 373. The summed E-state index contributed by atoms with van der Waals surface area (Å²) in [6.45, 7) is 8.45. The van der Waals surface area contributed by atoms with Gasteiger partial charge in [0.2, 0.25) is 0 Å². The Balaban J connectivity index is 2.79. The van der Waals surface area contributed by atoms with E-state index >= 15 is 0 Å². The van der Waals surface area contributed by atoms with Gasteiger partial charge < -0.3 is 10.4 Å². The van der Waals surface area contributed by atoms with Gasteiger partial charge in [-0.3, -0.25) is 0 Å². The molecule has 0 fully saturated rings. The van der Waals surface area contributed by atoms with Crippen LogP contribution in [0.1, 0.15) is 45.7 Å². The molecule has 2 nitrogen and oxygen atoms in total. The fourth-order valence-electron chi connectivity index (χ4n) is 2.11. The summed E-state index contributed by atoms with van der Waals surface area (Å²) in [5.41, 5.74) is 0.701. The molecule has 0 aromatic heterocycles. The van der Waals surface area contributed by atoms with Gasteiger partial charge >= 0.3 is 0 Å². The third kappa shape index (κ3) is 4.07. The predicted octanol–water partition coefficient (Wildman–Crippen LogP) is 3.27. The minimum Gasteiger partial charge on any atom is -0.396 e. The van der Waals surface area contributed by atoms with Crippen LogP contribution in [0.2, 0.25) is 0 Å². The van der Waals surface area contributed by atoms with E-state index in [4.69, 9.17) is 5.11 Å². The van der Waals surface area contributed by atoms with Crippen molar-refractivity contribution in [3.8, 4) is 0 Å². The van der Waals surface area contributed by atoms with Crippen molar-refractivity contribution in [1.82, 2.24) is 5.32 Å². The van der Waals surface area contributed by atoms with Crippen molar-refractivity contribution in [1.29, 1.82) is 0 Å². The maximum Gasteiger partial charge on any atom is 0.127 e. The van der Waals surface area contributed by atoms with Crippen LogP contribution < -0.4 is 5.32 Å². The lowest BCUT2D eigenvalue weighted by Crippen LogP contribution is -2.42. The number of benzene rings is 1. The Morgan fingerprint density at radius 3 is 2.39 bits per heavy atom. The summed E-state index contributed by atoms with van der Waals surface area (Å²) >= 11 is 0. The molecule has 0 radical (unpaired) electrons. The van der Waals surface area contributed by atoms with Crippen LogP contribution in [0.3, 0.4) is 0 Å². The molecule has 1 aromatic carbocycles. The van der Waals surface area contributed by atoms with Gasteiger partial charge in [-0.2, -0.15) is 0 Å². The topological polar surface area (TPSA) is 32.3 Å². The van der Waals surface area contributed by atoms with Gasteiger partial charge in [0.05, 0.1) is 0 Å². The van der Waals surface area contributed by atoms with Gasteiger partial charge in [-0.15, -0.1) is 0 Å². The highest BCUT2D eigenvalue weighted by Crippen LogP contribution is 2.25. The normalized spacial score (nSPS) is 15.4. The van der Waals surface area contributed by atoms with Gasteiger partial charge in [-0.1, -0.05) is 39.0 Å². The fourth-order valence-corrected chi connectivity index (χ4v) is 2.11. The van der Waals surface area contributed by atoms with E-state index in [0.717, 1.165) is 0 Å². The van der Waals surface area contributed by atoms with Crippen molar-refractivity contribution >= 4 is 0 Å².